The predicted molar refractivity (Wildman–Crippen MR) is 72.0 cm³/mol. The van der Waals surface area contributed by atoms with Crippen molar-refractivity contribution in [2.75, 3.05) is 25.2 Å². The van der Waals surface area contributed by atoms with Crippen molar-refractivity contribution in [2.24, 2.45) is 5.92 Å². The lowest BCUT2D eigenvalue weighted by Gasteiger charge is -2.33. The average Bonchev–Trinajstić information content (AvgIpc) is 2.14. The fourth-order valence-corrected chi connectivity index (χ4v) is 3.90. The molecule has 1 atom stereocenters. The van der Waals surface area contributed by atoms with Crippen molar-refractivity contribution >= 4 is 9.84 Å². The third-order valence-electron chi connectivity index (χ3n) is 2.82. The lowest BCUT2D eigenvalue weighted by atomic mass is 10.0. The van der Waals surface area contributed by atoms with Crippen LogP contribution in [0.3, 0.4) is 0 Å². The largest absolute Gasteiger partial charge is 0.377 e. The quantitative estimate of drug-likeness (QED) is 0.722. The van der Waals surface area contributed by atoms with Gasteiger partial charge in [0.25, 0.3) is 0 Å². The highest BCUT2D eigenvalue weighted by atomic mass is 32.2. The topological polar surface area (TPSA) is 55.4 Å². The predicted octanol–water partition coefficient (Wildman–Crippen LogP) is 1.46. The molecule has 4 nitrogen and oxygen atoms in total. The minimum absolute atomic E-state index is 0.125. The summed E-state index contributed by atoms with van der Waals surface area (Å²) < 4.78 is 29.4. The average molecular weight is 265 g/mol. The van der Waals surface area contributed by atoms with Crippen molar-refractivity contribution < 1.29 is 13.2 Å². The SMILES string of the molecule is CCNC(CS(=O)(=O)CC(C)C)C(C)(C)OC. The Kier molecular flexibility index (Phi) is 6.66. The van der Waals surface area contributed by atoms with Gasteiger partial charge in [-0.2, -0.15) is 0 Å². The van der Waals surface area contributed by atoms with E-state index in [2.05, 4.69) is 5.32 Å². The molecule has 0 aromatic rings. The van der Waals surface area contributed by atoms with E-state index in [4.69, 9.17) is 4.74 Å². The standard InChI is InChI=1S/C12H27NO3S/c1-7-13-11(12(4,5)16-6)9-17(14,15)8-10(2)3/h10-11,13H,7-9H2,1-6H3. The summed E-state index contributed by atoms with van der Waals surface area (Å²) in [6, 6.07) is -0.179. The third-order valence-corrected chi connectivity index (χ3v) is 4.84. The molecule has 0 aromatic heterocycles. The van der Waals surface area contributed by atoms with E-state index in [1.54, 1.807) is 7.11 Å². The van der Waals surface area contributed by atoms with Crippen molar-refractivity contribution in [1.82, 2.24) is 5.32 Å². The molecule has 17 heavy (non-hydrogen) atoms. The van der Waals surface area contributed by atoms with Crippen LogP contribution in [0.4, 0.5) is 0 Å². The van der Waals surface area contributed by atoms with Gasteiger partial charge in [-0.15, -0.1) is 0 Å². The molecule has 1 unspecified atom stereocenters. The van der Waals surface area contributed by atoms with Crippen LogP contribution in [0.15, 0.2) is 0 Å². The number of rotatable bonds is 8. The highest BCUT2D eigenvalue weighted by Crippen LogP contribution is 2.16. The van der Waals surface area contributed by atoms with Gasteiger partial charge >= 0.3 is 0 Å². The van der Waals surface area contributed by atoms with Gasteiger partial charge in [0.2, 0.25) is 0 Å². The van der Waals surface area contributed by atoms with Gasteiger partial charge in [0.05, 0.1) is 17.1 Å². The molecule has 0 bridgehead atoms. The normalized spacial score (nSPS) is 15.2. The van der Waals surface area contributed by atoms with E-state index in [0.717, 1.165) is 6.54 Å². The Balaban J connectivity index is 4.77. The fraction of sp³-hybridized carbons (Fsp3) is 1.00. The van der Waals surface area contributed by atoms with Crippen LogP contribution in [0, 0.1) is 5.92 Å². The van der Waals surface area contributed by atoms with Crippen molar-refractivity contribution in [1.29, 1.82) is 0 Å². The van der Waals surface area contributed by atoms with Crippen LogP contribution < -0.4 is 5.32 Å². The van der Waals surface area contributed by atoms with E-state index in [9.17, 15) is 8.42 Å². The molecule has 1 N–H and O–H groups in total. The van der Waals surface area contributed by atoms with Gasteiger partial charge in [-0.1, -0.05) is 20.8 Å². The van der Waals surface area contributed by atoms with Gasteiger partial charge in [0.15, 0.2) is 9.84 Å². The van der Waals surface area contributed by atoms with E-state index in [1.165, 1.54) is 0 Å². The van der Waals surface area contributed by atoms with E-state index in [0.29, 0.717) is 0 Å². The first-order valence-corrected chi connectivity index (χ1v) is 7.95. The number of nitrogens with one attached hydrogen (secondary N) is 1. The summed E-state index contributed by atoms with van der Waals surface area (Å²) in [5, 5.41) is 3.20. The molecule has 0 radical (unpaired) electrons. The fourth-order valence-electron chi connectivity index (χ4n) is 1.72. The second kappa shape index (κ2) is 6.71. The minimum Gasteiger partial charge on any atom is -0.377 e. The molecule has 0 aliphatic carbocycles. The number of hydrogen-bond donors (Lipinski definition) is 1. The summed E-state index contributed by atoms with van der Waals surface area (Å²) in [6.07, 6.45) is 0. The monoisotopic (exact) mass is 265 g/mol. The molecule has 104 valence electrons. The molecular formula is C12H27NO3S. The summed E-state index contributed by atoms with van der Waals surface area (Å²) in [5.74, 6) is 0.516. The second-order valence-electron chi connectivity index (χ2n) is 5.39. The number of hydrogen-bond acceptors (Lipinski definition) is 4. The smallest absolute Gasteiger partial charge is 0.152 e. The van der Waals surface area contributed by atoms with Crippen LogP contribution in [0.1, 0.15) is 34.6 Å². The van der Waals surface area contributed by atoms with Gasteiger partial charge in [-0.3, -0.25) is 0 Å². The van der Waals surface area contributed by atoms with Gasteiger partial charge < -0.3 is 10.1 Å². The molecule has 0 fully saturated rings. The van der Waals surface area contributed by atoms with E-state index in [1.807, 2.05) is 34.6 Å². The van der Waals surface area contributed by atoms with Crippen LogP contribution in [0.5, 0.6) is 0 Å². The lowest BCUT2D eigenvalue weighted by Crippen LogP contribution is -2.52. The Morgan fingerprint density at radius 1 is 1.24 bits per heavy atom. The number of ether oxygens (including phenoxy) is 1. The number of likely N-dealkylation sites (N-methyl/N-ethyl adjacent to an activating group) is 1. The summed E-state index contributed by atoms with van der Waals surface area (Å²) in [4.78, 5) is 0. The Bertz CT molecular complexity index is 310. The molecule has 0 aromatic carbocycles. The van der Waals surface area contributed by atoms with Gasteiger partial charge in [-0.05, 0) is 26.3 Å². The Morgan fingerprint density at radius 3 is 2.12 bits per heavy atom. The lowest BCUT2D eigenvalue weighted by molar-refractivity contribution is -0.00357. The zero-order valence-corrected chi connectivity index (χ0v) is 12.7. The Labute approximate surface area is 106 Å². The Hall–Kier alpha value is -0.130. The molecule has 0 spiro atoms. The highest BCUT2D eigenvalue weighted by Gasteiger charge is 2.32. The molecular weight excluding hydrogens is 238 g/mol. The molecule has 0 aliphatic heterocycles. The summed E-state index contributed by atoms with van der Waals surface area (Å²) in [6.45, 7) is 10.3. The highest BCUT2D eigenvalue weighted by molar-refractivity contribution is 7.91. The molecule has 0 saturated heterocycles. The maximum absolute atomic E-state index is 12.0. The number of methoxy groups -OCH3 is 1. The van der Waals surface area contributed by atoms with Crippen LogP contribution in [-0.4, -0.2) is 45.2 Å². The van der Waals surface area contributed by atoms with Crippen molar-refractivity contribution in [2.45, 2.75) is 46.3 Å². The summed E-state index contributed by atoms with van der Waals surface area (Å²) in [5.41, 5.74) is -0.486. The maximum atomic E-state index is 12.0. The first kappa shape index (κ1) is 16.9. The Morgan fingerprint density at radius 2 is 1.76 bits per heavy atom. The molecule has 5 heteroatoms. The van der Waals surface area contributed by atoms with Crippen molar-refractivity contribution in [3.05, 3.63) is 0 Å². The third kappa shape index (κ3) is 6.38. The van der Waals surface area contributed by atoms with Crippen molar-refractivity contribution in [3.8, 4) is 0 Å². The number of sulfone groups is 1. The second-order valence-corrected chi connectivity index (χ2v) is 7.54. The van der Waals surface area contributed by atoms with Crippen LogP contribution in [0.2, 0.25) is 0 Å². The van der Waals surface area contributed by atoms with Crippen molar-refractivity contribution in [3.63, 3.8) is 0 Å². The van der Waals surface area contributed by atoms with Crippen LogP contribution in [-0.2, 0) is 14.6 Å². The van der Waals surface area contributed by atoms with Crippen LogP contribution >= 0.6 is 0 Å². The maximum Gasteiger partial charge on any atom is 0.152 e. The van der Waals surface area contributed by atoms with E-state index in [-0.39, 0.29) is 23.5 Å². The zero-order chi connectivity index (χ0) is 13.7. The molecule has 0 rings (SSSR count). The summed E-state index contributed by atoms with van der Waals surface area (Å²) in [7, 11) is -1.43. The van der Waals surface area contributed by atoms with Crippen LogP contribution in [0.25, 0.3) is 0 Å². The van der Waals surface area contributed by atoms with E-state index >= 15 is 0 Å². The molecule has 0 heterocycles. The first-order valence-electron chi connectivity index (χ1n) is 6.13. The minimum atomic E-state index is -3.04. The summed E-state index contributed by atoms with van der Waals surface area (Å²) >= 11 is 0. The molecule has 0 aliphatic rings. The van der Waals surface area contributed by atoms with E-state index < -0.39 is 15.4 Å². The van der Waals surface area contributed by atoms with Gasteiger partial charge in [-0.25, -0.2) is 8.42 Å². The van der Waals surface area contributed by atoms with Gasteiger partial charge in [0.1, 0.15) is 0 Å². The molecule has 0 amide bonds. The van der Waals surface area contributed by atoms with Gasteiger partial charge in [0, 0.05) is 13.2 Å². The first-order chi connectivity index (χ1) is 7.64. The molecule has 0 saturated carbocycles. The zero-order valence-electron chi connectivity index (χ0n) is 11.9.